The van der Waals surface area contributed by atoms with Crippen LogP contribution in [0.25, 0.3) is 0 Å². The minimum absolute atomic E-state index is 0.111. The van der Waals surface area contributed by atoms with Crippen LogP contribution in [0, 0.1) is 10.1 Å². The van der Waals surface area contributed by atoms with E-state index >= 15 is 0 Å². The molecule has 2 N–H and O–H groups in total. The van der Waals surface area contributed by atoms with E-state index in [0.29, 0.717) is 5.56 Å². The van der Waals surface area contributed by atoms with Gasteiger partial charge in [-0.2, -0.15) is 0 Å². The lowest BCUT2D eigenvalue weighted by Gasteiger charge is -2.09. The Bertz CT molecular complexity index is 908. The summed E-state index contributed by atoms with van der Waals surface area (Å²) in [6, 6.07) is 10.5. The predicted molar refractivity (Wildman–Crippen MR) is 93.4 cm³/mol. The molecule has 1 amide bonds. The van der Waals surface area contributed by atoms with Gasteiger partial charge in [0.25, 0.3) is 11.6 Å². The molecule has 0 saturated carbocycles. The van der Waals surface area contributed by atoms with Crippen LogP contribution in [0.2, 0.25) is 0 Å². The highest BCUT2D eigenvalue weighted by Crippen LogP contribution is 2.28. The number of anilines is 1. The monoisotopic (exact) mass is 363 g/mol. The first-order valence-corrected chi connectivity index (χ1v) is 9.15. The fourth-order valence-corrected chi connectivity index (χ4v) is 2.80. The van der Waals surface area contributed by atoms with Crippen molar-refractivity contribution in [3.8, 4) is 0 Å². The maximum atomic E-state index is 11.5. The summed E-state index contributed by atoms with van der Waals surface area (Å²) in [4.78, 5) is 21.9. The number of nitro benzene ring substituents is 1. The summed E-state index contributed by atoms with van der Waals surface area (Å²) in [5.41, 5.74) is 1.22. The maximum absolute atomic E-state index is 11.5. The van der Waals surface area contributed by atoms with E-state index in [2.05, 4.69) is 10.6 Å². The van der Waals surface area contributed by atoms with E-state index in [0.717, 1.165) is 17.9 Å². The Morgan fingerprint density at radius 2 is 1.80 bits per heavy atom. The first kappa shape index (κ1) is 18.4. The molecule has 0 saturated heterocycles. The van der Waals surface area contributed by atoms with Crippen LogP contribution in [0.5, 0.6) is 0 Å². The molecule has 2 rings (SSSR count). The van der Waals surface area contributed by atoms with Crippen molar-refractivity contribution in [1.82, 2.24) is 5.32 Å². The van der Waals surface area contributed by atoms with Gasteiger partial charge in [-0.3, -0.25) is 14.9 Å². The SMILES string of the molecule is CNC(=O)c1ccc(CNc2ccc(S(C)(=O)=O)cc2[N+](=O)[O-])cc1. The van der Waals surface area contributed by atoms with Crippen molar-refractivity contribution in [3.05, 3.63) is 63.7 Å². The highest BCUT2D eigenvalue weighted by atomic mass is 32.2. The summed E-state index contributed by atoms with van der Waals surface area (Å²) in [6.45, 7) is 0.285. The molecule has 0 aliphatic rings. The van der Waals surface area contributed by atoms with Crippen molar-refractivity contribution in [2.45, 2.75) is 11.4 Å². The number of hydrogen-bond acceptors (Lipinski definition) is 6. The molecule has 0 bridgehead atoms. The summed E-state index contributed by atoms with van der Waals surface area (Å²) in [7, 11) is -1.99. The number of hydrogen-bond donors (Lipinski definition) is 2. The second-order valence-corrected chi connectivity index (χ2v) is 7.35. The Labute approximate surface area is 144 Å². The standard InChI is InChI=1S/C16H17N3O5S/c1-17-16(20)12-5-3-11(4-6-12)10-18-14-8-7-13(25(2,23)24)9-15(14)19(21)22/h3-9,18H,10H2,1-2H3,(H,17,20). The van der Waals surface area contributed by atoms with Gasteiger partial charge < -0.3 is 10.6 Å². The molecular formula is C16H17N3O5S. The lowest BCUT2D eigenvalue weighted by Crippen LogP contribution is -2.17. The Kier molecular flexibility index (Phi) is 5.38. The van der Waals surface area contributed by atoms with Crippen LogP contribution in [-0.2, 0) is 16.4 Å². The molecule has 0 radical (unpaired) electrons. The van der Waals surface area contributed by atoms with Crippen LogP contribution < -0.4 is 10.6 Å². The van der Waals surface area contributed by atoms with Gasteiger partial charge in [-0.15, -0.1) is 0 Å². The van der Waals surface area contributed by atoms with E-state index in [4.69, 9.17) is 0 Å². The average molecular weight is 363 g/mol. The van der Waals surface area contributed by atoms with E-state index in [1.165, 1.54) is 19.2 Å². The largest absolute Gasteiger partial charge is 0.375 e. The second kappa shape index (κ2) is 7.31. The molecule has 9 heteroatoms. The molecular weight excluding hydrogens is 346 g/mol. The van der Waals surface area contributed by atoms with Crippen molar-refractivity contribution in [3.63, 3.8) is 0 Å². The number of benzene rings is 2. The molecule has 0 fully saturated rings. The number of nitrogens with zero attached hydrogens (tertiary/aromatic N) is 1. The lowest BCUT2D eigenvalue weighted by molar-refractivity contribution is -0.384. The summed E-state index contributed by atoms with van der Waals surface area (Å²) in [5, 5.41) is 16.6. The number of sulfone groups is 1. The van der Waals surface area contributed by atoms with Crippen LogP contribution in [0.3, 0.4) is 0 Å². The molecule has 0 atom stereocenters. The Morgan fingerprint density at radius 3 is 2.32 bits per heavy atom. The summed E-state index contributed by atoms with van der Waals surface area (Å²) < 4.78 is 23.1. The quantitative estimate of drug-likeness (QED) is 0.598. The maximum Gasteiger partial charge on any atom is 0.293 e. The third kappa shape index (κ3) is 4.54. The van der Waals surface area contributed by atoms with E-state index in [1.54, 1.807) is 24.3 Å². The fraction of sp³-hybridized carbons (Fsp3) is 0.188. The van der Waals surface area contributed by atoms with Crippen molar-refractivity contribution >= 4 is 27.1 Å². The number of rotatable bonds is 6. The van der Waals surface area contributed by atoms with Crippen LogP contribution in [0.4, 0.5) is 11.4 Å². The highest BCUT2D eigenvalue weighted by molar-refractivity contribution is 7.90. The molecule has 132 valence electrons. The molecule has 8 nitrogen and oxygen atoms in total. The molecule has 0 aromatic heterocycles. The molecule has 25 heavy (non-hydrogen) atoms. The van der Waals surface area contributed by atoms with Crippen molar-refractivity contribution in [1.29, 1.82) is 0 Å². The van der Waals surface area contributed by atoms with E-state index < -0.39 is 14.8 Å². The summed E-state index contributed by atoms with van der Waals surface area (Å²) in [5.74, 6) is -0.202. The first-order valence-electron chi connectivity index (χ1n) is 7.26. The molecule has 2 aromatic rings. The zero-order valence-electron chi connectivity index (χ0n) is 13.6. The molecule has 0 unspecified atom stereocenters. The zero-order valence-corrected chi connectivity index (χ0v) is 14.5. The number of carbonyl (C=O) groups excluding carboxylic acids is 1. The topological polar surface area (TPSA) is 118 Å². The van der Waals surface area contributed by atoms with E-state index in [9.17, 15) is 23.3 Å². The normalized spacial score (nSPS) is 11.0. The lowest BCUT2D eigenvalue weighted by atomic mass is 10.1. The third-order valence-corrected chi connectivity index (χ3v) is 4.63. The number of nitrogens with one attached hydrogen (secondary N) is 2. The summed E-state index contributed by atoms with van der Waals surface area (Å²) in [6.07, 6.45) is 0.993. The number of carbonyl (C=O) groups is 1. The third-order valence-electron chi connectivity index (χ3n) is 3.52. The summed E-state index contributed by atoms with van der Waals surface area (Å²) >= 11 is 0. The zero-order chi connectivity index (χ0) is 18.6. The van der Waals surface area contributed by atoms with Gasteiger partial charge >= 0.3 is 0 Å². The predicted octanol–water partition coefficient (Wildman–Crippen LogP) is 1.97. The molecule has 2 aromatic carbocycles. The van der Waals surface area contributed by atoms with Crippen molar-refractivity contribution in [2.75, 3.05) is 18.6 Å². The minimum Gasteiger partial charge on any atom is -0.375 e. The van der Waals surface area contributed by atoms with Gasteiger partial charge in [-0.1, -0.05) is 12.1 Å². The van der Waals surface area contributed by atoms with Gasteiger partial charge in [0.2, 0.25) is 0 Å². The van der Waals surface area contributed by atoms with Gasteiger partial charge in [-0.05, 0) is 29.8 Å². The van der Waals surface area contributed by atoms with Gasteiger partial charge in [0.05, 0.1) is 9.82 Å². The number of amides is 1. The molecule has 0 aliphatic heterocycles. The van der Waals surface area contributed by atoms with Crippen LogP contribution in [-0.4, -0.2) is 32.6 Å². The van der Waals surface area contributed by atoms with Crippen molar-refractivity contribution < 1.29 is 18.1 Å². The molecule has 0 spiro atoms. The van der Waals surface area contributed by atoms with Crippen LogP contribution >= 0.6 is 0 Å². The van der Waals surface area contributed by atoms with Crippen LogP contribution in [0.15, 0.2) is 47.4 Å². The second-order valence-electron chi connectivity index (χ2n) is 5.34. The molecule has 0 aliphatic carbocycles. The van der Waals surface area contributed by atoms with Gasteiger partial charge in [-0.25, -0.2) is 8.42 Å². The van der Waals surface area contributed by atoms with Gasteiger partial charge in [0, 0.05) is 31.5 Å². The van der Waals surface area contributed by atoms with E-state index in [-0.39, 0.29) is 28.7 Å². The number of nitro groups is 1. The smallest absolute Gasteiger partial charge is 0.293 e. The Morgan fingerprint density at radius 1 is 1.16 bits per heavy atom. The Hall–Kier alpha value is -2.94. The first-order chi connectivity index (χ1) is 11.7. The average Bonchev–Trinajstić information content (AvgIpc) is 2.58. The van der Waals surface area contributed by atoms with Crippen LogP contribution in [0.1, 0.15) is 15.9 Å². The van der Waals surface area contributed by atoms with Crippen molar-refractivity contribution in [2.24, 2.45) is 0 Å². The fourth-order valence-electron chi connectivity index (χ4n) is 2.16. The van der Waals surface area contributed by atoms with Gasteiger partial charge in [0.1, 0.15) is 5.69 Å². The van der Waals surface area contributed by atoms with E-state index in [1.807, 2.05) is 0 Å². The minimum atomic E-state index is -3.53. The van der Waals surface area contributed by atoms with Gasteiger partial charge in [0.15, 0.2) is 9.84 Å². The highest BCUT2D eigenvalue weighted by Gasteiger charge is 2.18. The molecule has 0 heterocycles. The Balaban J connectivity index is 2.20.